The van der Waals surface area contributed by atoms with Crippen molar-refractivity contribution in [1.82, 2.24) is 4.90 Å². The zero-order valence-electron chi connectivity index (χ0n) is 13.1. The van der Waals surface area contributed by atoms with Crippen molar-refractivity contribution in [3.05, 3.63) is 29.6 Å². The second-order valence-corrected chi connectivity index (χ2v) is 6.14. The number of methoxy groups -OCH3 is 1. The van der Waals surface area contributed by atoms with Crippen LogP contribution in [0, 0.1) is 5.82 Å². The van der Waals surface area contributed by atoms with Crippen molar-refractivity contribution in [1.29, 1.82) is 0 Å². The minimum atomic E-state index is -0.681. The number of halogens is 1. The molecule has 1 heterocycles. The minimum Gasteiger partial charge on any atom is -0.497 e. The molecule has 2 rings (SSSR count). The van der Waals surface area contributed by atoms with Crippen LogP contribution in [-0.4, -0.2) is 36.4 Å². The van der Waals surface area contributed by atoms with Crippen LogP contribution < -0.4 is 4.74 Å². The molecule has 1 saturated heterocycles. The molecule has 0 N–H and O–H groups in total. The molecule has 1 aliphatic rings. The Morgan fingerprint density at radius 2 is 1.81 bits per heavy atom. The summed E-state index contributed by atoms with van der Waals surface area (Å²) in [5.74, 6) is -0.247. The van der Waals surface area contributed by atoms with Gasteiger partial charge in [-0.2, -0.15) is 0 Å². The van der Waals surface area contributed by atoms with Gasteiger partial charge < -0.3 is 4.74 Å². The third-order valence-electron chi connectivity index (χ3n) is 4.37. The number of Topliss-reactive ketones (excluding diaryl/α,β-unsaturated/α-hetero) is 1. The number of benzene rings is 1. The standard InChI is InChI=1S/C17H24FNO2/c1-17(2,19-10-6-4-5-7-11-19)16(20)14-9-8-13(21-3)12-15(14)18/h8-9,12H,4-7,10-11H2,1-3H3. The largest absolute Gasteiger partial charge is 0.497 e. The summed E-state index contributed by atoms with van der Waals surface area (Å²) in [7, 11) is 1.48. The Bertz CT molecular complexity index is 506. The predicted octanol–water partition coefficient (Wildman–Crippen LogP) is 3.67. The molecule has 0 unspecified atom stereocenters. The second kappa shape index (κ2) is 6.56. The fraction of sp³-hybridized carbons (Fsp3) is 0.588. The van der Waals surface area contributed by atoms with Crippen LogP contribution in [0.3, 0.4) is 0 Å². The van der Waals surface area contributed by atoms with Crippen LogP contribution in [0.1, 0.15) is 49.9 Å². The van der Waals surface area contributed by atoms with Crippen molar-refractivity contribution in [2.75, 3.05) is 20.2 Å². The van der Waals surface area contributed by atoms with E-state index < -0.39 is 11.4 Å². The van der Waals surface area contributed by atoms with Crippen LogP contribution >= 0.6 is 0 Å². The highest BCUT2D eigenvalue weighted by Crippen LogP contribution is 2.26. The van der Waals surface area contributed by atoms with Gasteiger partial charge in [0.1, 0.15) is 11.6 Å². The highest BCUT2D eigenvalue weighted by Gasteiger charge is 2.36. The number of rotatable bonds is 4. The van der Waals surface area contributed by atoms with Crippen molar-refractivity contribution in [3.63, 3.8) is 0 Å². The lowest BCUT2D eigenvalue weighted by Crippen LogP contribution is -2.50. The topological polar surface area (TPSA) is 29.5 Å². The van der Waals surface area contributed by atoms with E-state index in [1.54, 1.807) is 6.07 Å². The summed E-state index contributed by atoms with van der Waals surface area (Å²) < 4.78 is 19.1. The molecule has 0 atom stereocenters. The molecule has 0 saturated carbocycles. The van der Waals surface area contributed by atoms with E-state index in [2.05, 4.69) is 4.90 Å². The zero-order valence-corrected chi connectivity index (χ0v) is 13.1. The highest BCUT2D eigenvalue weighted by atomic mass is 19.1. The monoisotopic (exact) mass is 293 g/mol. The molecular formula is C17H24FNO2. The van der Waals surface area contributed by atoms with Gasteiger partial charge in [-0.25, -0.2) is 4.39 Å². The van der Waals surface area contributed by atoms with Crippen molar-refractivity contribution >= 4 is 5.78 Å². The molecule has 4 heteroatoms. The molecule has 1 aliphatic heterocycles. The molecule has 0 bridgehead atoms. The molecule has 0 radical (unpaired) electrons. The Morgan fingerprint density at radius 3 is 2.33 bits per heavy atom. The van der Waals surface area contributed by atoms with E-state index in [9.17, 15) is 9.18 Å². The number of hydrogen-bond donors (Lipinski definition) is 0. The number of nitrogens with zero attached hydrogens (tertiary/aromatic N) is 1. The summed E-state index contributed by atoms with van der Waals surface area (Å²) in [5, 5.41) is 0. The summed E-state index contributed by atoms with van der Waals surface area (Å²) >= 11 is 0. The van der Waals surface area contributed by atoms with Crippen LogP contribution in [0.2, 0.25) is 0 Å². The molecule has 116 valence electrons. The maximum atomic E-state index is 14.1. The minimum absolute atomic E-state index is 0.144. The summed E-state index contributed by atoms with van der Waals surface area (Å²) in [6, 6.07) is 4.43. The van der Waals surface area contributed by atoms with Gasteiger partial charge in [0.05, 0.1) is 18.2 Å². The first-order valence-corrected chi connectivity index (χ1v) is 7.60. The van der Waals surface area contributed by atoms with Crippen molar-refractivity contribution < 1.29 is 13.9 Å². The predicted molar refractivity (Wildman–Crippen MR) is 81.4 cm³/mol. The van der Waals surface area contributed by atoms with E-state index in [1.807, 2.05) is 13.8 Å². The number of ether oxygens (including phenoxy) is 1. The Labute approximate surface area is 126 Å². The van der Waals surface area contributed by atoms with Gasteiger partial charge >= 0.3 is 0 Å². The normalized spacial score (nSPS) is 17.3. The smallest absolute Gasteiger partial charge is 0.185 e. The third-order valence-corrected chi connectivity index (χ3v) is 4.37. The molecule has 0 aromatic heterocycles. The molecule has 1 aromatic rings. The molecule has 21 heavy (non-hydrogen) atoms. The van der Waals surface area contributed by atoms with E-state index in [1.165, 1.54) is 32.1 Å². The van der Waals surface area contributed by atoms with Gasteiger partial charge in [-0.05, 0) is 51.9 Å². The second-order valence-electron chi connectivity index (χ2n) is 6.14. The van der Waals surface area contributed by atoms with Crippen molar-refractivity contribution in [2.45, 2.75) is 45.1 Å². The van der Waals surface area contributed by atoms with Crippen LogP contribution in [0.15, 0.2) is 18.2 Å². The van der Waals surface area contributed by atoms with E-state index in [0.717, 1.165) is 25.9 Å². The first kappa shape index (κ1) is 16.0. The van der Waals surface area contributed by atoms with Crippen LogP contribution in [0.25, 0.3) is 0 Å². The van der Waals surface area contributed by atoms with Crippen LogP contribution in [-0.2, 0) is 0 Å². The molecule has 1 aromatic carbocycles. The van der Waals surface area contributed by atoms with Gasteiger partial charge in [-0.15, -0.1) is 0 Å². The molecular weight excluding hydrogens is 269 g/mol. The van der Waals surface area contributed by atoms with E-state index in [4.69, 9.17) is 4.74 Å². The number of carbonyl (C=O) groups excluding carboxylic acids is 1. The Balaban J connectivity index is 2.24. The van der Waals surface area contributed by atoms with E-state index in [0.29, 0.717) is 5.75 Å². The average molecular weight is 293 g/mol. The SMILES string of the molecule is COc1ccc(C(=O)C(C)(C)N2CCCCCC2)c(F)c1. The lowest BCUT2D eigenvalue weighted by Gasteiger charge is -2.36. The number of ketones is 1. The first-order chi connectivity index (χ1) is 9.96. The average Bonchev–Trinajstić information content (AvgIpc) is 2.76. The third kappa shape index (κ3) is 3.43. The lowest BCUT2D eigenvalue weighted by atomic mass is 9.90. The fourth-order valence-corrected chi connectivity index (χ4v) is 2.91. The van der Waals surface area contributed by atoms with Gasteiger partial charge in [0, 0.05) is 6.07 Å². The van der Waals surface area contributed by atoms with Gasteiger partial charge in [0.15, 0.2) is 5.78 Å². The Kier molecular flexibility index (Phi) is 4.99. The quantitative estimate of drug-likeness (QED) is 0.793. The molecule has 0 amide bonds. The van der Waals surface area contributed by atoms with Gasteiger partial charge in [-0.1, -0.05) is 12.8 Å². The summed E-state index contributed by atoms with van der Waals surface area (Å²) in [6.07, 6.45) is 4.61. The summed E-state index contributed by atoms with van der Waals surface area (Å²) in [4.78, 5) is 15.0. The van der Waals surface area contributed by atoms with Crippen molar-refractivity contribution in [2.24, 2.45) is 0 Å². The number of carbonyl (C=O) groups is 1. The summed E-state index contributed by atoms with van der Waals surface area (Å²) in [5.41, 5.74) is -0.537. The maximum absolute atomic E-state index is 14.1. The van der Waals surface area contributed by atoms with Crippen LogP contribution in [0.4, 0.5) is 4.39 Å². The first-order valence-electron chi connectivity index (χ1n) is 7.60. The fourth-order valence-electron chi connectivity index (χ4n) is 2.91. The van der Waals surface area contributed by atoms with Gasteiger partial charge in [-0.3, -0.25) is 9.69 Å². The van der Waals surface area contributed by atoms with Crippen molar-refractivity contribution in [3.8, 4) is 5.75 Å². The summed E-state index contributed by atoms with van der Waals surface area (Å²) in [6.45, 7) is 5.58. The Hall–Kier alpha value is -1.42. The molecule has 0 aliphatic carbocycles. The van der Waals surface area contributed by atoms with Gasteiger partial charge in [0.25, 0.3) is 0 Å². The lowest BCUT2D eigenvalue weighted by molar-refractivity contribution is 0.0645. The molecule has 3 nitrogen and oxygen atoms in total. The molecule has 0 spiro atoms. The van der Waals surface area contributed by atoms with Crippen LogP contribution in [0.5, 0.6) is 5.75 Å². The Morgan fingerprint density at radius 1 is 1.19 bits per heavy atom. The van der Waals surface area contributed by atoms with E-state index >= 15 is 0 Å². The zero-order chi connectivity index (χ0) is 15.5. The number of likely N-dealkylation sites (tertiary alicyclic amines) is 1. The number of hydrogen-bond acceptors (Lipinski definition) is 3. The maximum Gasteiger partial charge on any atom is 0.185 e. The van der Waals surface area contributed by atoms with E-state index in [-0.39, 0.29) is 11.3 Å². The molecule has 1 fully saturated rings. The highest BCUT2D eigenvalue weighted by molar-refractivity contribution is 6.03. The van der Waals surface area contributed by atoms with Gasteiger partial charge in [0.2, 0.25) is 0 Å².